The number of halogens is 1. The first-order valence-corrected chi connectivity index (χ1v) is 9.79. The average Bonchev–Trinajstić information content (AvgIpc) is 2.46. The van der Waals surface area contributed by atoms with Crippen molar-refractivity contribution in [1.29, 1.82) is 0 Å². The third kappa shape index (κ3) is 5.19. The molecule has 0 aliphatic carbocycles. The van der Waals surface area contributed by atoms with Gasteiger partial charge >= 0.3 is 0 Å². The molecule has 1 aromatic rings. The third-order valence-corrected chi connectivity index (χ3v) is 5.97. The van der Waals surface area contributed by atoms with Gasteiger partial charge in [0.15, 0.2) is 0 Å². The highest BCUT2D eigenvalue weighted by molar-refractivity contribution is 7.88. The molecule has 1 aromatic carbocycles. The molecule has 23 heavy (non-hydrogen) atoms. The standard InChI is InChI=1S/C16H23ClN2O3S/c1-12(2)18-16(20)14-6-8-19(9-7-14)23(21,22)11-13-4-3-5-15(17)10-13/h3-5,10,12,14H,6-9,11H2,1-2H3,(H,18,20). The molecule has 0 aromatic heterocycles. The predicted molar refractivity (Wildman–Crippen MR) is 91.7 cm³/mol. The number of benzene rings is 1. The van der Waals surface area contributed by atoms with Crippen LogP contribution in [0, 0.1) is 5.92 Å². The van der Waals surface area contributed by atoms with Gasteiger partial charge in [-0.1, -0.05) is 23.7 Å². The smallest absolute Gasteiger partial charge is 0.223 e. The Bertz CT molecular complexity index is 653. The van der Waals surface area contributed by atoms with Crippen molar-refractivity contribution < 1.29 is 13.2 Å². The van der Waals surface area contributed by atoms with Gasteiger partial charge in [0.25, 0.3) is 0 Å². The molecule has 1 fully saturated rings. The molecular formula is C16H23ClN2O3S. The first kappa shape index (κ1) is 18.2. The van der Waals surface area contributed by atoms with E-state index in [-0.39, 0.29) is 23.6 Å². The second-order valence-corrected chi connectivity index (χ2v) is 8.63. The number of amides is 1. The van der Waals surface area contributed by atoms with Crippen LogP contribution < -0.4 is 5.32 Å². The van der Waals surface area contributed by atoms with Gasteiger partial charge < -0.3 is 5.32 Å². The van der Waals surface area contributed by atoms with E-state index in [2.05, 4.69) is 5.32 Å². The number of hydrogen-bond acceptors (Lipinski definition) is 3. The molecule has 0 unspecified atom stereocenters. The average molecular weight is 359 g/mol. The fraction of sp³-hybridized carbons (Fsp3) is 0.562. The number of hydrogen-bond donors (Lipinski definition) is 1. The zero-order valence-corrected chi connectivity index (χ0v) is 15.0. The summed E-state index contributed by atoms with van der Waals surface area (Å²) in [4.78, 5) is 12.0. The van der Waals surface area contributed by atoms with Crippen molar-refractivity contribution in [2.75, 3.05) is 13.1 Å². The summed E-state index contributed by atoms with van der Waals surface area (Å²) in [5.74, 6) is -0.141. The van der Waals surface area contributed by atoms with Crippen LogP contribution in [0.1, 0.15) is 32.3 Å². The zero-order chi connectivity index (χ0) is 17.0. The summed E-state index contributed by atoms with van der Waals surface area (Å²) in [6.45, 7) is 4.61. The van der Waals surface area contributed by atoms with Gasteiger partial charge in [0, 0.05) is 30.1 Å². The van der Waals surface area contributed by atoms with E-state index in [9.17, 15) is 13.2 Å². The Balaban J connectivity index is 1.94. The van der Waals surface area contributed by atoms with E-state index in [0.29, 0.717) is 36.5 Å². The van der Waals surface area contributed by atoms with Gasteiger partial charge in [-0.15, -0.1) is 0 Å². The summed E-state index contributed by atoms with van der Waals surface area (Å²) in [5, 5.41) is 3.42. The number of nitrogens with zero attached hydrogens (tertiary/aromatic N) is 1. The molecule has 7 heteroatoms. The number of carbonyl (C=O) groups is 1. The Labute approximate surface area is 143 Å². The maximum absolute atomic E-state index is 12.5. The molecule has 1 heterocycles. The number of piperidine rings is 1. The fourth-order valence-electron chi connectivity index (χ4n) is 2.73. The quantitative estimate of drug-likeness (QED) is 0.878. The van der Waals surface area contributed by atoms with Crippen molar-refractivity contribution in [3.05, 3.63) is 34.9 Å². The molecule has 0 spiro atoms. The van der Waals surface area contributed by atoms with Crippen molar-refractivity contribution in [3.63, 3.8) is 0 Å². The fourth-order valence-corrected chi connectivity index (χ4v) is 4.49. The third-order valence-electron chi connectivity index (χ3n) is 3.89. The van der Waals surface area contributed by atoms with Crippen LogP contribution in [0.5, 0.6) is 0 Å². The lowest BCUT2D eigenvalue weighted by molar-refractivity contribution is -0.126. The normalized spacial score (nSPS) is 17.4. The van der Waals surface area contributed by atoms with Crippen molar-refractivity contribution in [2.24, 2.45) is 5.92 Å². The van der Waals surface area contributed by atoms with E-state index < -0.39 is 10.0 Å². The first-order chi connectivity index (χ1) is 10.8. The summed E-state index contributed by atoms with van der Waals surface area (Å²) in [7, 11) is -3.38. The van der Waals surface area contributed by atoms with Gasteiger partial charge in [0.1, 0.15) is 0 Å². The van der Waals surface area contributed by atoms with Crippen LogP contribution in [-0.4, -0.2) is 37.8 Å². The Kier molecular flexibility index (Phi) is 6.06. The number of carbonyl (C=O) groups excluding carboxylic acids is 1. The maximum atomic E-state index is 12.5. The van der Waals surface area contributed by atoms with E-state index in [1.165, 1.54) is 4.31 Å². The highest BCUT2D eigenvalue weighted by Gasteiger charge is 2.31. The molecular weight excluding hydrogens is 336 g/mol. The van der Waals surface area contributed by atoms with Crippen LogP contribution in [0.4, 0.5) is 0 Å². The summed E-state index contributed by atoms with van der Waals surface area (Å²) in [6, 6.07) is 6.99. The van der Waals surface area contributed by atoms with Gasteiger partial charge in [-0.25, -0.2) is 12.7 Å². The minimum atomic E-state index is -3.38. The highest BCUT2D eigenvalue weighted by Crippen LogP contribution is 2.22. The van der Waals surface area contributed by atoms with Gasteiger partial charge in [-0.3, -0.25) is 4.79 Å². The summed E-state index contributed by atoms with van der Waals surface area (Å²) < 4.78 is 26.5. The van der Waals surface area contributed by atoms with Crippen LogP contribution in [-0.2, 0) is 20.6 Å². The Hall–Kier alpha value is -1.11. The van der Waals surface area contributed by atoms with Crippen LogP contribution in [0.25, 0.3) is 0 Å². The molecule has 1 aliphatic rings. The van der Waals surface area contributed by atoms with Gasteiger partial charge in [0.05, 0.1) is 5.75 Å². The van der Waals surface area contributed by atoms with Crippen molar-refractivity contribution >= 4 is 27.5 Å². The van der Waals surface area contributed by atoms with E-state index in [4.69, 9.17) is 11.6 Å². The Morgan fingerprint density at radius 2 is 2.00 bits per heavy atom. The molecule has 2 rings (SSSR count). The predicted octanol–water partition coefficient (Wildman–Crippen LogP) is 2.41. The van der Waals surface area contributed by atoms with Crippen LogP contribution >= 0.6 is 11.6 Å². The van der Waals surface area contributed by atoms with Crippen molar-refractivity contribution in [1.82, 2.24) is 9.62 Å². The first-order valence-electron chi connectivity index (χ1n) is 7.80. The van der Waals surface area contributed by atoms with Crippen molar-refractivity contribution in [2.45, 2.75) is 38.5 Å². The monoisotopic (exact) mass is 358 g/mol. The molecule has 0 atom stereocenters. The lowest BCUT2D eigenvalue weighted by Gasteiger charge is -2.31. The topological polar surface area (TPSA) is 66.5 Å². The number of sulfonamides is 1. The molecule has 5 nitrogen and oxygen atoms in total. The van der Waals surface area contributed by atoms with Gasteiger partial charge in [-0.05, 0) is 44.4 Å². The molecule has 0 bridgehead atoms. The Morgan fingerprint density at radius 1 is 1.35 bits per heavy atom. The zero-order valence-electron chi connectivity index (χ0n) is 13.5. The van der Waals surface area contributed by atoms with Crippen LogP contribution in [0.3, 0.4) is 0 Å². The minimum absolute atomic E-state index is 0.0203. The SMILES string of the molecule is CC(C)NC(=O)C1CCN(S(=O)(=O)Cc2cccc(Cl)c2)CC1. The lowest BCUT2D eigenvalue weighted by Crippen LogP contribution is -2.44. The number of rotatable bonds is 5. The molecule has 128 valence electrons. The van der Waals surface area contributed by atoms with Crippen LogP contribution in [0.15, 0.2) is 24.3 Å². The molecule has 1 N–H and O–H groups in total. The molecule has 0 radical (unpaired) electrons. The molecule has 1 saturated heterocycles. The molecule has 1 amide bonds. The molecule has 0 saturated carbocycles. The second kappa shape index (κ2) is 7.64. The van der Waals surface area contributed by atoms with E-state index >= 15 is 0 Å². The minimum Gasteiger partial charge on any atom is -0.354 e. The summed E-state index contributed by atoms with van der Waals surface area (Å²) in [6.07, 6.45) is 1.13. The van der Waals surface area contributed by atoms with Gasteiger partial charge in [0.2, 0.25) is 15.9 Å². The van der Waals surface area contributed by atoms with E-state index in [1.807, 2.05) is 13.8 Å². The number of nitrogens with one attached hydrogen (secondary N) is 1. The van der Waals surface area contributed by atoms with Crippen molar-refractivity contribution in [3.8, 4) is 0 Å². The van der Waals surface area contributed by atoms with Crippen LogP contribution in [0.2, 0.25) is 5.02 Å². The summed E-state index contributed by atoms with van der Waals surface area (Å²) in [5.41, 5.74) is 0.678. The summed E-state index contributed by atoms with van der Waals surface area (Å²) >= 11 is 5.90. The molecule has 1 aliphatic heterocycles. The maximum Gasteiger partial charge on any atom is 0.223 e. The highest BCUT2D eigenvalue weighted by atomic mass is 35.5. The van der Waals surface area contributed by atoms with E-state index in [1.54, 1.807) is 24.3 Å². The lowest BCUT2D eigenvalue weighted by atomic mass is 9.97. The Morgan fingerprint density at radius 3 is 2.57 bits per heavy atom. The second-order valence-electron chi connectivity index (χ2n) is 6.22. The van der Waals surface area contributed by atoms with Gasteiger partial charge in [-0.2, -0.15) is 0 Å². The van der Waals surface area contributed by atoms with E-state index in [0.717, 1.165) is 0 Å². The largest absolute Gasteiger partial charge is 0.354 e.